The minimum atomic E-state index is 0.696. The van der Waals surface area contributed by atoms with Crippen molar-refractivity contribution in [2.24, 2.45) is 5.92 Å². The highest BCUT2D eigenvalue weighted by molar-refractivity contribution is 5.33. The molecule has 0 N–H and O–H groups in total. The van der Waals surface area contributed by atoms with E-state index in [1.165, 1.54) is 50.5 Å². The standard InChI is InChI=1S/C22H31NO/c1-2-3-5-16-24-17-6-4-7-19-8-12-21(13-9-19)22-14-10-20(18-23)11-15-22/h2,10-11,14-15,19,21H,1,3-9,12-13,16-17H2/t19-,21-. The van der Waals surface area contributed by atoms with E-state index in [-0.39, 0.29) is 0 Å². The van der Waals surface area contributed by atoms with Crippen LogP contribution in [0.3, 0.4) is 0 Å². The maximum absolute atomic E-state index is 8.89. The van der Waals surface area contributed by atoms with Crippen LogP contribution in [-0.2, 0) is 4.74 Å². The summed E-state index contributed by atoms with van der Waals surface area (Å²) in [7, 11) is 0. The molecular weight excluding hydrogens is 294 g/mol. The number of benzene rings is 1. The third-order valence-electron chi connectivity index (χ3n) is 5.21. The second-order valence-corrected chi connectivity index (χ2v) is 6.99. The van der Waals surface area contributed by atoms with Gasteiger partial charge in [-0.25, -0.2) is 0 Å². The number of hydrogen-bond donors (Lipinski definition) is 0. The number of ether oxygens (including phenoxy) is 1. The van der Waals surface area contributed by atoms with Crippen molar-refractivity contribution >= 4 is 0 Å². The van der Waals surface area contributed by atoms with Crippen molar-refractivity contribution in [2.75, 3.05) is 13.2 Å². The van der Waals surface area contributed by atoms with Gasteiger partial charge in [-0.1, -0.05) is 31.1 Å². The highest BCUT2D eigenvalue weighted by Crippen LogP contribution is 2.37. The van der Waals surface area contributed by atoms with Gasteiger partial charge in [0.15, 0.2) is 0 Å². The molecule has 1 aliphatic carbocycles. The molecule has 0 heterocycles. The number of nitrogens with zero attached hydrogens (tertiary/aromatic N) is 1. The van der Waals surface area contributed by atoms with E-state index < -0.39 is 0 Å². The summed E-state index contributed by atoms with van der Waals surface area (Å²) in [6, 6.07) is 10.4. The fourth-order valence-electron chi connectivity index (χ4n) is 3.68. The molecule has 0 atom stereocenters. The summed E-state index contributed by atoms with van der Waals surface area (Å²) in [5, 5.41) is 8.89. The van der Waals surface area contributed by atoms with Crippen molar-refractivity contribution in [2.45, 2.75) is 63.7 Å². The average Bonchev–Trinajstić information content (AvgIpc) is 2.64. The first-order chi connectivity index (χ1) is 11.8. The van der Waals surface area contributed by atoms with Gasteiger partial charge in [0.05, 0.1) is 11.6 Å². The molecule has 1 fully saturated rings. The Labute approximate surface area is 147 Å². The van der Waals surface area contributed by atoms with E-state index in [1.54, 1.807) is 0 Å². The summed E-state index contributed by atoms with van der Waals surface area (Å²) in [5.74, 6) is 1.60. The van der Waals surface area contributed by atoms with Crippen LogP contribution in [-0.4, -0.2) is 13.2 Å². The molecule has 1 aromatic carbocycles. The van der Waals surface area contributed by atoms with Crippen molar-refractivity contribution in [3.63, 3.8) is 0 Å². The van der Waals surface area contributed by atoms with E-state index in [2.05, 4.69) is 24.8 Å². The zero-order valence-corrected chi connectivity index (χ0v) is 14.9. The Morgan fingerprint density at radius 1 is 1.04 bits per heavy atom. The lowest BCUT2D eigenvalue weighted by Gasteiger charge is -2.29. The summed E-state index contributed by atoms with van der Waals surface area (Å²) < 4.78 is 5.65. The molecule has 0 saturated heterocycles. The Morgan fingerprint density at radius 2 is 1.75 bits per heavy atom. The van der Waals surface area contributed by atoms with Crippen molar-refractivity contribution in [3.8, 4) is 6.07 Å². The van der Waals surface area contributed by atoms with Crippen molar-refractivity contribution in [3.05, 3.63) is 48.0 Å². The molecule has 1 saturated carbocycles. The van der Waals surface area contributed by atoms with E-state index in [0.717, 1.165) is 37.5 Å². The van der Waals surface area contributed by atoms with Crippen LogP contribution < -0.4 is 0 Å². The van der Waals surface area contributed by atoms with Gasteiger partial charge >= 0.3 is 0 Å². The SMILES string of the molecule is C=CCCCOCCCC[C@H]1CC[C@H](c2ccc(C#N)cc2)CC1. The Bertz CT molecular complexity index is 506. The zero-order chi connectivity index (χ0) is 17.0. The summed E-state index contributed by atoms with van der Waals surface area (Å²) in [6.07, 6.45) is 13.3. The van der Waals surface area contributed by atoms with Gasteiger partial charge in [-0.05, 0) is 74.5 Å². The quantitative estimate of drug-likeness (QED) is 0.391. The van der Waals surface area contributed by atoms with E-state index in [4.69, 9.17) is 10.00 Å². The molecule has 0 unspecified atom stereocenters. The molecule has 0 spiro atoms. The summed E-state index contributed by atoms with van der Waals surface area (Å²) in [5.41, 5.74) is 2.18. The van der Waals surface area contributed by atoms with Crippen LogP contribution in [0.2, 0.25) is 0 Å². The number of nitriles is 1. The van der Waals surface area contributed by atoms with Gasteiger partial charge in [0, 0.05) is 13.2 Å². The lowest BCUT2D eigenvalue weighted by Crippen LogP contribution is -2.13. The van der Waals surface area contributed by atoms with E-state index in [1.807, 2.05) is 18.2 Å². The fraction of sp³-hybridized carbons (Fsp3) is 0.591. The van der Waals surface area contributed by atoms with Crippen LogP contribution in [0.4, 0.5) is 0 Å². The Hall–Kier alpha value is -1.59. The maximum atomic E-state index is 8.89. The molecule has 2 heteroatoms. The second-order valence-electron chi connectivity index (χ2n) is 6.99. The largest absolute Gasteiger partial charge is 0.381 e. The van der Waals surface area contributed by atoms with Gasteiger partial charge in [-0.15, -0.1) is 6.58 Å². The normalized spacial score (nSPS) is 20.5. The van der Waals surface area contributed by atoms with Crippen LogP contribution in [0, 0.1) is 17.2 Å². The van der Waals surface area contributed by atoms with Crippen LogP contribution in [0.5, 0.6) is 0 Å². The number of hydrogen-bond acceptors (Lipinski definition) is 2. The molecule has 1 aromatic rings. The molecule has 2 nitrogen and oxygen atoms in total. The highest BCUT2D eigenvalue weighted by Gasteiger charge is 2.21. The zero-order valence-electron chi connectivity index (χ0n) is 14.9. The Kier molecular flexibility index (Phi) is 8.63. The molecule has 0 aromatic heterocycles. The molecule has 24 heavy (non-hydrogen) atoms. The maximum Gasteiger partial charge on any atom is 0.0991 e. The number of allylic oxidation sites excluding steroid dienone is 1. The molecular formula is C22H31NO. The minimum Gasteiger partial charge on any atom is -0.381 e. The fourth-order valence-corrected chi connectivity index (χ4v) is 3.68. The molecule has 130 valence electrons. The summed E-state index contributed by atoms with van der Waals surface area (Å²) in [4.78, 5) is 0. The summed E-state index contributed by atoms with van der Waals surface area (Å²) >= 11 is 0. The molecule has 1 aliphatic rings. The van der Waals surface area contributed by atoms with Gasteiger partial charge in [0.1, 0.15) is 0 Å². The van der Waals surface area contributed by atoms with E-state index in [0.29, 0.717) is 5.92 Å². The van der Waals surface area contributed by atoms with Gasteiger partial charge in [0.25, 0.3) is 0 Å². The van der Waals surface area contributed by atoms with Gasteiger partial charge in [-0.3, -0.25) is 0 Å². The Balaban J connectivity index is 1.56. The van der Waals surface area contributed by atoms with Gasteiger partial charge in [-0.2, -0.15) is 5.26 Å². The second kappa shape index (κ2) is 11.0. The first-order valence-corrected chi connectivity index (χ1v) is 9.52. The first-order valence-electron chi connectivity index (χ1n) is 9.52. The summed E-state index contributed by atoms with van der Waals surface area (Å²) in [6.45, 7) is 5.51. The van der Waals surface area contributed by atoms with Crippen LogP contribution in [0.25, 0.3) is 0 Å². The van der Waals surface area contributed by atoms with E-state index >= 15 is 0 Å². The van der Waals surface area contributed by atoms with Gasteiger partial charge < -0.3 is 4.74 Å². The van der Waals surface area contributed by atoms with Crippen molar-refractivity contribution in [1.29, 1.82) is 5.26 Å². The first kappa shape index (κ1) is 18.7. The Morgan fingerprint density at radius 3 is 2.42 bits per heavy atom. The molecule has 0 radical (unpaired) electrons. The molecule has 0 amide bonds. The third kappa shape index (κ3) is 6.49. The average molecular weight is 325 g/mol. The van der Waals surface area contributed by atoms with Crippen LogP contribution in [0.1, 0.15) is 74.8 Å². The van der Waals surface area contributed by atoms with Crippen LogP contribution in [0.15, 0.2) is 36.9 Å². The topological polar surface area (TPSA) is 33.0 Å². The minimum absolute atomic E-state index is 0.696. The predicted octanol–water partition coefficient (Wildman–Crippen LogP) is 5.99. The molecule has 2 rings (SSSR count). The van der Waals surface area contributed by atoms with E-state index in [9.17, 15) is 0 Å². The number of unbranched alkanes of at least 4 members (excludes halogenated alkanes) is 2. The monoisotopic (exact) mass is 325 g/mol. The highest BCUT2D eigenvalue weighted by atomic mass is 16.5. The van der Waals surface area contributed by atoms with Crippen molar-refractivity contribution in [1.82, 2.24) is 0 Å². The predicted molar refractivity (Wildman–Crippen MR) is 100.0 cm³/mol. The molecule has 0 bridgehead atoms. The number of rotatable bonds is 10. The smallest absolute Gasteiger partial charge is 0.0991 e. The lowest BCUT2D eigenvalue weighted by molar-refractivity contribution is 0.126. The van der Waals surface area contributed by atoms with Gasteiger partial charge in [0.2, 0.25) is 0 Å². The third-order valence-corrected chi connectivity index (χ3v) is 5.21. The lowest BCUT2D eigenvalue weighted by atomic mass is 9.77. The van der Waals surface area contributed by atoms with Crippen molar-refractivity contribution < 1.29 is 4.74 Å². The molecule has 0 aliphatic heterocycles. The van der Waals surface area contributed by atoms with Crippen LogP contribution >= 0.6 is 0 Å².